The van der Waals surface area contributed by atoms with Crippen molar-refractivity contribution in [2.45, 2.75) is 32.2 Å². The van der Waals surface area contributed by atoms with Gasteiger partial charge in [-0.05, 0) is 0 Å². The molecule has 2 fully saturated rings. The number of nitrogens with zero attached hydrogens (tertiary/aromatic N) is 4. The van der Waals surface area contributed by atoms with Crippen LogP contribution < -0.4 is 4.74 Å². The number of hydrogen-bond acceptors (Lipinski definition) is 6. The quantitative estimate of drug-likeness (QED) is 0.107. The first-order valence-electron chi connectivity index (χ1n) is 12.8. The van der Waals surface area contributed by atoms with Crippen molar-refractivity contribution in [2.24, 2.45) is 0 Å². The number of fused-ring (bicyclic) bond motifs is 1. The molecule has 2 aromatic heterocycles. The van der Waals surface area contributed by atoms with Crippen molar-refractivity contribution in [3.05, 3.63) is 86.0 Å². The molecular formula is C28H26ClF2IN4O4. The second kappa shape index (κ2) is 11.6. The third-order valence-electron chi connectivity index (χ3n) is 6.98. The van der Waals surface area contributed by atoms with Crippen LogP contribution in [0.4, 0.5) is 8.78 Å². The molecule has 0 unspecified atom stereocenters. The van der Waals surface area contributed by atoms with E-state index in [0.29, 0.717) is 13.1 Å². The molecule has 0 amide bonds. The number of aromatic nitrogens is 3. The SMILES string of the molecule is O=C(O)c1ccc2nc(CN3CCI(c4ccc(F)c(COc5ccc(Cl)cc5F)n4)C3)n(C[C@@H]3CCO3)c2c1. The molecule has 1 N–H and O–H groups in total. The number of carboxylic acids is 1. The molecule has 0 radical (unpaired) electrons. The Labute approximate surface area is 241 Å². The Morgan fingerprint density at radius 3 is 2.75 bits per heavy atom. The maximum atomic E-state index is 14.5. The number of benzene rings is 2. The van der Waals surface area contributed by atoms with Crippen LogP contribution >= 0.6 is 31.4 Å². The molecule has 210 valence electrons. The van der Waals surface area contributed by atoms with E-state index in [2.05, 4.69) is 14.5 Å². The molecule has 0 saturated carbocycles. The Hall–Kier alpha value is -2.87. The number of rotatable bonds is 9. The minimum absolute atomic E-state index is 0.00692. The van der Waals surface area contributed by atoms with Crippen LogP contribution in [0.5, 0.6) is 5.75 Å². The molecule has 0 spiro atoms. The number of hydrogen-bond donors (Lipinski definition) is 1. The van der Waals surface area contributed by atoms with Gasteiger partial charge >= 0.3 is 242 Å². The monoisotopic (exact) mass is 682 g/mol. The Morgan fingerprint density at radius 2 is 2.00 bits per heavy atom. The molecule has 2 aliphatic heterocycles. The van der Waals surface area contributed by atoms with Crippen LogP contribution in [-0.4, -0.2) is 58.7 Å². The van der Waals surface area contributed by atoms with Crippen LogP contribution in [0.15, 0.2) is 48.5 Å². The molecule has 8 nitrogen and oxygen atoms in total. The summed E-state index contributed by atoms with van der Waals surface area (Å²) in [6.45, 7) is 2.67. The molecule has 4 heterocycles. The number of alkyl halides is 2. The summed E-state index contributed by atoms with van der Waals surface area (Å²) in [7, 11) is 0. The van der Waals surface area contributed by atoms with Gasteiger partial charge in [0.1, 0.15) is 0 Å². The van der Waals surface area contributed by atoms with Crippen LogP contribution in [0.2, 0.25) is 5.02 Å². The summed E-state index contributed by atoms with van der Waals surface area (Å²) < 4.78 is 44.6. The van der Waals surface area contributed by atoms with E-state index < -0.39 is 37.4 Å². The molecule has 2 saturated heterocycles. The molecule has 6 rings (SSSR count). The predicted molar refractivity (Wildman–Crippen MR) is 154 cm³/mol. The van der Waals surface area contributed by atoms with Gasteiger partial charge in [0, 0.05) is 0 Å². The summed E-state index contributed by atoms with van der Waals surface area (Å²) in [6.07, 6.45) is 1.06. The number of aromatic carboxylic acids is 1. The molecule has 0 aliphatic carbocycles. The summed E-state index contributed by atoms with van der Waals surface area (Å²) >= 11 is 4.05. The first-order valence-corrected chi connectivity index (χ1v) is 17.3. The zero-order valence-electron chi connectivity index (χ0n) is 21.3. The van der Waals surface area contributed by atoms with Gasteiger partial charge in [0.2, 0.25) is 0 Å². The Balaban J connectivity index is 1.17. The molecule has 4 aromatic rings. The number of halogens is 4. The van der Waals surface area contributed by atoms with E-state index in [9.17, 15) is 18.7 Å². The van der Waals surface area contributed by atoms with E-state index in [4.69, 9.17) is 26.1 Å². The fourth-order valence-electron chi connectivity index (χ4n) is 4.73. The molecule has 2 aromatic carbocycles. The normalized spacial score (nSPS) is 18.3. The van der Waals surface area contributed by atoms with Gasteiger partial charge in [0.05, 0.1) is 0 Å². The zero-order chi connectivity index (χ0) is 27.8. The molecule has 2 aliphatic rings. The Kier molecular flexibility index (Phi) is 7.89. The first-order chi connectivity index (χ1) is 19.3. The summed E-state index contributed by atoms with van der Waals surface area (Å²) in [5.41, 5.74) is 1.93. The average molecular weight is 683 g/mol. The number of ether oxygens (including phenoxy) is 2. The second-order valence-corrected chi connectivity index (χ2v) is 15.6. The Morgan fingerprint density at radius 1 is 1.15 bits per heavy atom. The van der Waals surface area contributed by atoms with Gasteiger partial charge in [0.15, 0.2) is 0 Å². The predicted octanol–water partition coefficient (Wildman–Crippen LogP) is 5.58. The van der Waals surface area contributed by atoms with Gasteiger partial charge < -0.3 is 0 Å². The molecule has 40 heavy (non-hydrogen) atoms. The second-order valence-electron chi connectivity index (χ2n) is 9.67. The van der Waals surface area contributed by atoms with E-state index >= 15 is 0 Å². The van der Waals surface area contributed by atoms with E-state index in [1.165, 1.54) is 18.2 Å². The number of pyridine rings is 1. The number of carboxylic acid groups (broad SMARTS) is 1. The zero-order valence-corrected chi connectivity index (χ0v) is 24.2. The minimum atomic E-state index is -1.74. The first kappa shape index (κ1) is 27.3. The van der Waals surface area contributed by atoms with E-state index in [1.54, 1.807) is 24.3 Å². The van der Waals surface area contributed by atoms with Crippen molar-refractivity contribution in [3.63, 3.8) is 0 Å². The van der Waals surface area contributed by atoms with E-state index in [1.807, 2.05) is 0 Å². The van der Waals surface area contributed by atoms with Gasteiger partial charge in [-0.1, -0.05) is 0 Å². The van der Waals surface area contributed by atoms with Crippen molar-refractivity contribution < 1.29 is 28.2 Å². The summed E-state index contributed by atoms with van der Waals surface area (Å²) in [5, 5.41) is 9.74. The van der Waals surface area contributed by atoms with Crippen LogP contribution in [0.25, 0.3) is 11.0 Å². The van der Waals surface area contributed by atoms with Crippen molar-refractivity contribution in [1.29, 1.82) is 0 Å². The summed E-state index contributed by atoms with van der Waals surface area (Å²) in [6, 6.07) is 12.3. The fourth-order valence-corrected chi connectivity index (χ4v) is 10.5. The third kappa shape index (κ3) is 5.78. The molecule has 12 heteroatoms. The van der Waals surface area contributed by atoms with Crippen LogP contribution in [0.3, 0.4) is 0 Å². The molecule has 0 bridgehead atoms. The van der Waals surface area contributed by atoms with Gasteiger partial charge in [-0.25, -0.2) is 0 Å². The molecular weight excluding hydrogens is 657 g/mol. The van der Waals surface area contributed by atoms with Crippen molar-refractivity contribution >= 4 is 48.4 Å². The summed E-state index contributed by atoms with van der Waals surface area (Å²) in [4.78, 5) is 23.4. The number of imidazole rings is 1. The topological polar surface area (TPSA) is 89.7 Å². The standard InChI is InChI=1S/C28H26ClF2IN4O4/c29-18-2-5-25(21(31)12-18)40-15-23-20(30)3-6-26(33-23)32-8-9-35(16-32)14-27-34-22-4-1-17(28(37)38)11-24(22)36(27)13-19-7-10-39-19/h1-6,11-12,19H,7-10,13-16H2,(H,37,38)/t19-/m0/s1. The Bertz CT molecular complexity index is 1580. The van der Waals surface area contributed by atoms with Crippen molar-refractivity contribution in [2.75, 3.05) is 22.1 Å². The van der Waals surface area contributed by atoms with Gasteiger partial charge in [-0.2, -0.15) is 0 Å². The van der Waals surface area contributed by atoms with Gasteiger partial charge in [-0.15, -0.1) is 0 Å². The maximum absolute atomic E-state index is 14.5. The van der Waals surface area contributed by atoms with Gasteiger partial charge in [-0.3, -0.25) is 0 Å². The average Bonchev–Trinajstić information content (AvgIpc) is 3.50. The van der Waals surface area contributed by atoms with Crippen molar-refractivity contribution in [1.82, 2.24) is 19.4 Å². The van der Waals surface area contributed by atoms with Crippen molar-refractivity contribution in [3.8, 4) is 5.75 Å². The van der Waals surface area contributed by atoms with Crippen LogP contribution in [-0.2, 0) is 24.4 Å². The number of carbonyl (C=O) groups is 1. The van der Waals surface area contributed by atoms with Crippen LogP contribution in [0.1, 0.15) is 28.3 Å². The summed E-state index contributed by atoms with van der Waals surface area (Å²) in [5.74, 6) is -1.21. The van der Waals surface area contributed by atoms with E-state index in [-0.39, 0.29) is 34.7 Å². The van der Waals surface area contributed by atoms with E-state index in [0.717, 1.165) is 55.2 Å². The molecule has 1 atom stereocenters. The van der Waals surface area contributed by atoms with Crippen LogP contribution in [0, 0.1) is 15.3 Å². The fraction of sp³-hybridized carbons (Fsp3) is 0.321. The third-order valence-corrected chi connectivity index (χ3v) is 12.9. The van der Waals surface area contributed by atoms with Gasteiger partial charge in [0.25, 0.3) is 0 Å².